The van der Waals surface area contributed by atoms with Crippen molar-refractivity contribution in [3.8, 4) is 0 Å². The Morgan fingerprint density at radius 1 is 1.29 bits per heavy atom. The number of anilines is 1. The quantitative estimate of drug-likeness (QED) is 0.544. The Morgan fingerprint density at radius 2 is 2.14 bits per heavy atom. The van der Waals surface area contributed by atoms with Crippen LogP contribution in [-0.4, -0.2) is 9.91 Å². The number of fused-ring (bicyclic) bond motifs is 1. The van der Waals surface area contributed by atoms with Gasteiger partial charge in [-0.1, -0.05) is 0 Å². The summed E-state index contributed by atoms with van der Waals surface area (Å²) in [7, 11) is 0. The molecule has 0 spiro atoms. The predicted molar refractivity (Wildman–Crippen MR) is 87.7 cm³/mol. The van der Waals surface area contributed by atoms with Crippen LogP contribution in [0.15, 0.2) is 46.3 Å². The highest BCUT2D eigenvalue weighted by molar-refractivity contribution is 9.10. The second-order valence-electron chi connectivity index (χ2n) is 4.42. The lowest BCUT2D eigenvalue weighted by atomic mass is 10.2. The first-order chi connectivity index (χ1) is 10.1. The predicted octanol–water partition coefficient (Wildman–Crippen LogP) is 4.58. The summed E-state index contributed by atoms with van der Waals surface area (Å²) in [5.74, 6) is 0.751. The minimum atomic E-state index is -0.403. The summed E-state index contributed by atoms with van der Waals surface area (Å²) in [6, 6.07) is 10.4. The Hall–Kier alpha value is -1.99. The highest BCUT2D eigenvalue weighted by atomic mass is 79.9. The number of aromatic nitrogens is 1. The van der Waals surface area contributed by atoms with Gasteiger partial charge in [-0.2, -0.15) is 0 Å². The van der Waals surface area contributed by atoms with E-state index in [2.05, 4.69) is 32.3 Å². The molecule has 0 aliphatic heterocycles. The van der Waals surface area contributed by atoms with Crippen LogP contribution in [0.4, 0.5) is 11.5 Å². The molecule has 106 valence electrons. The fourth-order valence-corrected chi connectivity index (χ4v) is 3.34. The van der Waals surface area contributed by atoms with E-state index in [-0.39, 0.29) is 5.69 Å². The van der Waals surface area contributed by atoms with E-state index in [9.17, 15) is 10.1 Å². The molecule has 0 aliphatic carbocycles. The molecule has 0 saturated heterocycles. The van der Waals surface area contributed by atoms with Gasteiger partial charge in [-0.3, -0.25) is 10.1 Å². The lowest BCUT2D eigenvalue weighted by Gasteiger charge is -2.05. The van der Waals surface area contributed by atoms with Gasteiger partial charge in [0.2, 0.25) is 0 Å². The first kappa shape index (κ1) is 14.0. The van der Waals surface area contributed by atoms with E-state index in [1.165, 1.54) is 17.0 Å². The number of rotatable bonds is 4. The van der Waals surface area contributed by atoms with E-state index in [0.717, 1.165) is 21.2 Å². The Bertz CT molecular complexity index is 819. The molecule has 0 radical (unpaired) electrons. The maximum atomic E-state index is 10.7. The molecule has 3 aromatic rings. The molecule has 0 amide bonds. The van der Waals surface area contributed by atoms with E-state index in [0.29, 0.717) is 6.54 Å². The Kier molecular flexibility index (Phi) is 3.85. The minimum Gasteiger partial charge on any atom is -0.365 e. The summed E-state index contributed by atoms with van der Waals surface area (Å²) in [5, 5.41) is 16.8. The third kappa shape index (κ3) is 3.20. The van der Waals surface area contributed by atoms with Gasteiger partial charge in [0, 0.05) is 32.2 Å². The van der Waals surface area contributed by atoms with Gasteiger partial charge < -0.3 is 5.32 Å². The van der Waals surface area contributed by atoms with Gasteiger partial charge in [-0.05, 0) is 40.2 Å². The van der Waals surface area contributed by atoms with Crippen molar-refractivity contribution in [2.24, 2.45) is 0 Å². The number of hydrogen-bond donors (Lipinski definition) is 1. The van der Waals surface area contributed by atoms with Gasteiger partial charge in [0.1, 0.15) is 5.82 Å². The number of halogens is 1. The van der Waals surface area contributed by atoms with Crippen LogP contribution in [0.1, 0.15) is 4.88 Å². The molecule has 0 aliphatic rings. The molecule has 5 nitrogen and oxygen atoms in total. The van der Waals surface area contributed by atoms with Crippen LogP contribution in [0.25, 0.3) is 10.9 Å². The van der Waals surface area contributed by atoms with Crippen molar-refractivity contribution in [3.05, 3.63) is 61.2 Å². The second-order valence-corrected chi connectivity index (χ2v) is 6.33. The van der Waals surface area contributed by atoms with Crippen LogP contribution in [0.5, 0.6) is 0 Å². The fraction of sp³-hybridized carbons (Fsp3) is 0.0714. The molecule has 2 aromatic heterocycles. The molecule has 7 heteroatoms. The number of nitro benzene ring substituents is 1. The van der Waals surface area contributed by atoms with Gasteiger partial charge in [-0.15, -0.1) is 11.3 Å². The zero-order valence-electron chi connectivity index (χ0n) is 10.7. The molecule has 0 unspecified atom stereocenters. The average molecular weight is 364 g/mol. The zero-order chi connectivity index (χ0) is 14.8. The van der Waals surface area contributed by atoms with Gasteiger partial charge in [0.05, 0.1) is 17.0 Å². The summed E-state index contributed by atoms with van der Waals surface area (Å²) in [6.07, 6.45) is 0. The maximum absolute atomic E-state index is 10.7. The fourth-order valence-electron chi connectivity index (χ4n) is 1.95. The minimum absolute atomic E-state index is 0.0773. The number of benzene rings is 1. The normalized spacial score (nSPS) is 10.7. The number of pyridine rings is 1. The van der Waals surface area contributed by atoms with E-state index in [4.69, 9.17) is 0 Å². The van der Waals surface area contributed by atoms with Gasteiger partial charge >= 0.3 is 0 Å². The SMILES string of the molecule is O=[N+]([O-])c1ccc2nc(NCc3cc(Br)cs3)ccc2c1. The lowest BCUT2D eigenvalue weighted by molar-refractivity contribution is -0.384. The summed E-state index contributed by atoms with van der Waals surface area (Å²) in [5.41, 5.74) is 0.811. The largest absolute Gasteiger partial charge is 0.365 e. The van der Waals surface area contributed by atoms with Crippen molar-refractivity contribution >= 4 is 49.7 Å². The van der Waals surface area contributed by atoms with Crippen LogP contribution < -0.4 is 5.32 Å². The number of non-ortho nitro benzene ring substituents is 1. The number of nitro groups is 1. The summed E-state index contributed by atoms with van der Waals surface area (Å²) >= 11 is 5.09. The second kappa shape index (κ2) is 5.79. The lowest BCUT2D eigenvalue weighted by Crippen LogP contribution is -1.99. The number of nitrogens with zero attached hydrogens (tertiary/aromatic N) is 2. The van der Waals surface area contributed by atoms with Crippen molar-refractivity contribution in [2.45, 2.75) is 6.54 Å². The van der Waals surface area contributed by atoms with Crippen LogP contribution >= 0.6 is 27.3 Å². The zero-order valence-corrected chi connectivity index (χ0v) is 13.1. The van der Waals surface area contributed by atoms with Crippen molar-refractivity contribution in [1.82, 2.24) is 4.98 Å². The molecule has 0 atom stereocenters. The number of hydrogen-bond acceptors (Lipinski definition) is 5. The van der Waals surface area contributed by atoms with Crippen molar-refractivity contribution in [3.63, 3.8) is 0 Å². The van der Waals surface area contributed by atoms with Crippen LogP contribution in [0.3, 0.4) is 0 Å². The molecular weight excluding hydrogens is 354 g/mol. The van der Waals surface area contributed by atoms with Gasteiger partial charge in [-0.25, -0.2) is 4.98 Å². The van der Waals surface area contributed by atoms with Crippen LogP contribution in [-0.2, 0) is 6.54 Å². The van der Waals surface area contributed by atoms with Crippen molar-refractivity contribution < 1.29 is 4.92 Å². The highest BCUT2D eigenvalue weighted by Crippen LogP contribution is 2.23. The highest BCUT2D eigenvalue weighted by Gasteiger charge is 2.07. The first-order valence-corrected chi connectivity index (χ1v) is 7.81. The standard InChI is InChI=1S/C14H10BrN3O2S/c15-10-6-12(21-8-10)7-16-14-4-1-9-5-11(18(19)20)2-3-13(9)17-14/h1-6,8H,7H2,(H,16,17). The Morgan fingerprint density at radius 3 is 2.86 bits per heavy atom. The smallest absolute Gasteiger partial charge is 0.270 e. The number of thiophene rings is 1. The van der Waals surface area contributed by atoms with Crippen LogP contribution in [0, 0.1) is 10.1 Å². The van der Waals surface area contributed by atoms with Crippen LogP contribution in [0.2, 0.25) is 0 Å². The molecule has 1 N–H and O–H groups in total. The van der Waals surface area contributed by atoms with E-state index < -0.39 is 4.92 Å². The first-order valence-electron chi connectivity index (χ1n) is 6.14. The average Bonchev–Trinajstić information content (AvgIpc) is 2.90. The molecule has 0 bridgehead atoms. The molecule has 3 rings (SSSR count). The van der Waals surface area contributed by atoms with Gasteiger partial charge in [0.15, 0.2) is 0 Å². The summed E-state index contributed by atoms with van der Waals surface area (Å²) < 4.78 is 1.07. The topological polar surface area (TPSA) is 68.1 Å². The summed E-state index contributed by atoms with van der Waals surface area (Å²) in [6.45, 7) is 0.696. The number of nitrogens with one attached hydrogen (secondary N) is 1. The monoisotopic (exact) mass is 363 g/mol. The third-order valence-electron chi connectivity index (χ3n) is 2.95. The van der Waals surface area contributed by atoms with Crippen molar-refractivity contribution in [1.29, 1.82) is 0 Å². The summed E-state index contributed by atoms with van der Waals surface area (Å²) in [4.78, 5) is 16.0. The Labute approximate surface area is 132 Å². The Balaban J connectivity index is 1.80. The molecule has 21 heavy (non-hydrogen) atoms. The molecular formula is C14H10BrN3O2S. The third-order valence-corrected chi connectivity index (χ3v) is 4.65. The van der Waals surface area contributed by atoms with Crippen molar-refractivity contribution in [2.75, 3.05) is 5.32 Å². The van der Waals surface area contributed by atoms with E-state index in [1.807, 2.05) is 17.5 Å². The maximum Gasteiger partial charge on any atom is 0.270 e. The molecule has 0 saturated carbocycles. The van der Waals surface area contributed by atoms with E-state index in [1.54, 1.807) is 17.4 Å². The van der Waals surface area contributed by atoms with E-state index >= 15 is 0 Å². The van der Waals surface area contributed by atoms with Gasteiger partial charge in [0.25, 0.3) is 5.69 Å². The molecule has 2 heterocycles. The molecule has 1 aromatic carbocycles. The molecule has 0 fully saturated rings.